The Kier molecular flexibility index (Phi) is 3.11. The second-order valence-electron chi connectivity index (χ2n) is 7.37. The van der Waals surface area contributed by atoms with Crippen LogP contribution in [0.1, 0.15) is 59.8 Å². The van der Waals surface area contributed by atoms with E-state index < -0.39 is 5.60 Å². The topological polar surface area (TPSA) is 40.5 Å². The summed E-state index contributed by atoms with van der Waals surface area (Å²) in [6.07, 6.45) is 5.73. The normalized spacial score (nSPS) is 49.8. The third-order valence-electron chi connectivity index (χ3n) is 6.16. The number of aliphatic hydroxyl groups is 2. The zero-order chi connectivity index (χ0) is 12.9. The molecule has 2 aliphatic carbocycles. The summed E-state index contributed by atoms with van der Waals surface area (Å²) >= 11 is 0. The van der Waals surface area contributed by atoms with Crippen LogP contribution in [0, 0.1) is 22.7 Å². The van der Waals surface area contributed by atoms with E-state index in [4.69, 9.17) is 0 Å². The van der Waals surface area contributed by atoms with Crippen LogP contribution in [0.2, 0.25) is 0 Å². The fraction of sp³-hybridized carbons (Fsp3) is 1.00. The Morgan fingerprint density at radius 2 is 1.76 bits per heavy atom. The van der Waals surface area contributed by atoms with Gasteiger partial charge in [0.05, 0.1) is 12.2 Å². The Bertz CT molecular complexity index is 299. The van der Waals surface area contributed by atoms with Crippen molar-refractivity contribution in [2.45, 2.75) is 65.4 Å². The quantitative estimate of drug-likeness (QED) is 0.740. The van der Waals surface area contributed by atoms with Gasteiger partial charge in [-0.2, -0.15) is 0 Å². The molecule has 2 aliphatic rings. The summed E-state index contributed by atoms with van der Waals surface area (Å²) < 4.78 is 0. The van der Waals surface area contributed by atoms with Crippen LogP contribution < -0.4 is 0 Å². The minimum atomic E-state index is -0.881. The first kappa shape index (κ1) is 13.4. The fourth-order valence-electron chi connectivity index (χ4n) is 4.90. The molecule has 2 N–H and O–H groups in total. The molecule has 17 heavy (non-hydrogen) atoms. The highest BCUT2D eigenvalue weighted by Gasteiger charge is 2.60. The van der Waals surface area contributed by atoms with Gasteiger partial charge in [0.2, 0.25) is 0 Å². The number of fused-ring (bicyclic) bond motifs is 1. The molecule has 0 saturated heterocycles. The minimum Gasteiger partial charge on any atom is -0.393 e. The molecule has 0 aromatic heterocycles. The summed E-state index contributed by atoms with van der Waals surface area (Å²) in [4.78, 5) is 0. The van der Waals surface area contributed by atoms with E-state index in [1.165, 1.54) is 19.3 Å². The van der Waals surface area contributed by atoms with Crippen molar-refractivity contribution in [3.63, 3.8) is 0 Å². The molecule has 2 nitrogen and oxygen atoms in total. The lowest BCUT2D eigenvalue weighted by molar-refractivity contribution is -0.224. The Balaban J connectivity index is 2.42. The van der Waals surface area contributed by atoms with E-state index in [0.29, 0.717) is 11.3 Å². The molecule has 2 saturated carbocycles. The maximum Gasteiger partial charge on any atom is 0.0958 e. The van der Waals surface area contributed by atoms with E-state index in [0.717, 1.165) is 12.8 Å². The van der Waals surface area contributed by atoms with Gasteiger partial charge in [0.25, 0.3) is 0 Å². The van der Waals surface area contributed by atoms with Gasteiger partial charge >= 0.3 is 0 Å². The first-order valence-electron chi connectivity index (χ1n) is 7.11. The molecular weight excluding hydrogens is 212 g/mol. The minimum absolute atomic E-state index is 0.0861. The van der Waals surface area contributed by atoms with Gasteiger partial charge in [-0.05, 0) is 42.9 Å². The van der Waals surface area contributed by atoms with Gasteiger partial charge in [0.15, 0.2) is 0 Å². The van der Waals surface area contributed by atoms with Gasteiger partial charge in [-0.3, -0.25) is 0 Å². The first-order valence-corrected chi connectivity index (χ1v) is 7.11. The van der Waals surface area contributed by atoms with Crippen molar-refractivity contribution in [2.75, 3.05) is 6.61 Å². The highest BCUT2D eigenvalue weighted by Crippen LogP contribution is 2.62. The molecule has 0 heterocycles. The van der Waals surface area contributed by atoms with Gasteiger partial charge in [0.1, 0.15) is 0 Å². The maximum atomic E-state index is 11.0. The lowest BCUT2D eigenvalue weighted by Crippen LogP contribution is -2.64. The van der Waals surface area contributed by atoms with Crippen LogP contribution in [0.5, 0.6) is 0 Å². The maximum absolute atomic E-state index is 11.0. The Morgan fingerprint density at radius 1 is 1.12 bits per heavy atom. The molecule has 2 rings (SSSR count). The van der Waals surface area contributed by atoms with Crippen molar-refractivity contribution >= 4 is 0 Å². The summed E-state index contributed by atoms with van der Waals surface area (Å²) in [6, 6.07) is 0. The van der Waals surface area contributed by atoms with Crippen LogP contribution in [-0.2, 0) is 0 Å². The SMILES string of the molecule is C[C@@H]1CCC2C(C)(C)CCC[C@]2(C)[C@@]1(O)CO. The molecular formula is C15H28O2. The third-order valence-corrected chi connectivity index (χ3v) is 6.16. The van der Waals surface area contributed by atoms with Crippen molar-refractivity contribution in [3.8, 4) is 0 Å². The highest BCUT2D eigenvalue weighted by atomic mass is 16.3. The molecule has 0 amide bonds. The molecule has 0 bridgehead atoms. The van der Waals surface area contributed by atoms with E-state index in [1.807, 2.05) is 0 Å². The predicted octanol–water partition coefficient (Wildman–Crippen LogP) is 2.97. The average Bonchev–Trinajstić information content (AvgIpc) is 2.24. The molecule has 0 aromatic rings. The van der Waals surface area contributed by atoms with Gasteiger partial charge in [-0.1, -0.05) is 34.1 Å². The second-order valence-corrected chi connectivity index (χ2v) is 7.37. The summed E-state index contributed by atoms with van der Waals surface area (Å²) in [5.74, 6) is 0.750. The average molecular weight is 240 g/mol. The first-order chi connectivity index (χ1) is 7.78. The fourth-order valence-corrected chi connectivity index (χ4v) is 4.90. The van der Waals surface area contributed by atoms with Crippen LogP contribution in [0.25, 0.3) is 0 Å². The Labute approximate surface area is 105 Å². The molecule has 0 radical (unpaired) electrons. The van der Waals surface area contributed by atoms with Gasteiger partial charge < -0.3 is 10.2 Å². The molecule has 100 valence electrons. The molecule has 4 atom stereocenters. The summed E-state index contributed by atoms with van der Waals surface area (Å²) in [7, 11) is 0. The zero-order valence-corrected chi connectivity index (χ0v) is 11.8. The van der Waals surface area contributed by atoms with E-state index in [2.05, 4.69) is 27.7 Å². The van der Waals surface area contributed by atoms with Crippen LogP contribution in [0.4, 0.5) is 0 Å². The largest absolute Gasteiger partial charge is 0.393 e. The highest BCUT2D eigenvalue weighted by molar-refractivity contribution is 5.10. The summed E-state index contributed by atoms with van der Waals surface area (Å²) in [5.41, 5.74) is -0.689. The number of hydrogen-bond acceptors (Lipinski definition) is 2. The molecule has 2 fully saturated rings. The van der Waals surface area contributed by atoms with Crippen LogP contribution in [0.15, 0.2) is 0 Å². The smallest absolute Gasteiger partial charge is 0.0958 e. The standard InChI is InChI=1S/C15H28O2/c1-11-6-7-12-13(2,3)8-5-9-14(12,4)15(11,17)10-16/h11-12,16-17H,5-10H2,1-4H3/t11-,12?,14+,15-/m1/s1. The molecule has 0 aromatic carbocycles. The van der Waals surface area contributed by atoms with E-state index in [-0.39, 0.29) is 17.9 Å². The monoisotopic (exact) mass is 240 g/mol. The van der Waals surface area contributed by atoms with Gasteiger partial charge in [-0.15, -0.1) is 0 Å². The molecule has 0 aliphatic heterocycles. The lowest BCUT2D eigenvalue weighted by atomic mass is 9.45. The van der Waals surface area contributed by atoms with Crippen molar-refractivity contribution in [3.05, 3.63) is 0 Å². The number of hydrogen-bond donors (Lipinski definition) is 2. The van der Waals surface area contributed by atoms with E-state index in [9.17, 15) is 10.2 Å². The molecule has 0 spiro atoms. The Hall–Kier alpha value is -0.0800. The van der Waals surface area contributed by atoms with Gasteiger partial charge in [0, 0.05) is 5.41 Å². The van der Waals surface area contributed by atoms with E-state index >= 15 is 0 Å². The van der Waals surface area contributed by atoms with Crippen molar-refractivity contribution in [2.24, 2.45) is 22.7 Å². The van der Waals surface area contributed by atoms with Crippen LogP contribution in [-0.4, -0.2) is 22.4 Å². The van der Waals surface area contributed by atoms with Gasteiger partial charge in [-0.25, -0.2) is 0 Å². The zero-order valence-electron chi connectivity index (χ0n) is 11.8. The van der Waals surface area contributed by atoms with Crippen LogP contribution >= 0.6 is 0 Å². The Morgan fingerprint density at radius 3 is 2.35 bits per heavy atom. The number of rotatable bonds is 1. The second kappa shape index (κ2) is 3.96. The van der Waals surface area contributed by atoms with Crippen molar-refractivity contribution < 1.29 is 10.2 Å². The van der Waals surface area contributed by atoms with Crippen molar-refractivity contribution in [1.82, 2.24) is 0 Å². The molecule has 1 unspecified atom stereocenters. The van der Waals surface area contributed by atoms with E-state index in [1.54, 1.807) is 0 Å². The summed E-state index contributed by atoms with van der Waals surface area (Å²) in [5, 5.41) is 20.7. The van der Waals surface area contributed by atoms with Crippen molar-refractivity contribution in [1.29, 1.82) is 0 Å². The van der Waals surface area contributed by atoms with Crippen LogP contribution in [0.3, 0.4) is 0 Å². The molecule has 2 heteroatoms. The predicted molar refractivity (Wildman–Crippen MR) is 69.7 cm³/mol. The third kappa shape index (κ3) is 1.67. The lowest BCUT2D eigenvalue weighted by Gasteiger charge is -2.62. The summed E-state index contributed by atoms with van der Waals surface area (Å²) in [6.45, 7) is 8.90. The number of aliphatic hydroxyl groups excluding tert-OH is 1.